The van der Waals surface area contributed by atoms with Crippen molar-refractivity contribution in [3.8, 4) is 0 Å². The Balaban J connectivity index is 1.37. The van der Waals surface area contributed by atoms with Crippen molar-refractivity contribution in [2.24, 2.45) is 28.6 Å². The van der Waals surface area contributed by atoms with Gasteiger partial charge in [-0.25, -0.2) is 0 Å². The average molecular weight is 420 g/mol. The van der Waals surface area contributed by atoms with E-state index in [2.05, 4.69) is 27.8 Å². The van der Waals surface area contributed by atoms with E-state index in [9.17, 15) is 4.79 Å². The van der Waals surface area contributed by atoms with E-state index >= 15 is 0 Å². The second kappa shape index (κ2) is 4.18. The van der Waals surface area contributed by atoms with E-state index in [1.165, 1.54) is 19.3 Å². The van der Waals surface area contributed by atoms with Crippen LogP contribution in [0.3, 0.4) is 0 Å². The molecule has 0 spiro atoms. The summed E-state index contributed by atoms with van der Waals surface area (Å²) in [5.74, 6) is 2.00. The summed E-state index contributed by atoms with van der Waals surface area (Å²) in [4.78, 5) is 12.9. The number of fused-ring (bicyclic) bond motifs is 6. The predicted octanol–water partition coefficient (Wildman–Crippen LogP) is 2.55. The van der Waals surface area contributed by atoms with Crippen LogP contribution in [0.25, 0.3) is 0 Å². The van der Waals surface area contributed by atoms with Crippen LogP contribution >= 0.6 is 20.4 Å². The topological polar surface area (TPSA) is 79.4 Å². The van der Waals surface area contributed by atoms with Crippen molar-refractivity contribution in [2.45, 2.75) is 56.4 Å². The van der Waals surface area contributed by atoms with E-state index in [1.807, 2.05) is 0 Å². The van der Waals surface area contributed by atoms with Gasteiger partial charge in [-0.1, -0.05) is 0 Å². The molecule has 5 rings (SSSR count). The van der Waals surface area contributed by atoms with Gasteiger partial charge in [0.1, 0.15) is 0 Å². The molecule has 5 fully saturated rings. The number of halogens is 1. The van der Waals surface area contributed by atoms with Crippen LogP contribution < -0.4 is 7.06 Å². The number of hydrogen-bond acceptors (Lipinski definition) is 5. The van der Waals surface area contributed by atoms with Crippen LogP contribution in [0.2, 0.25) is 0 Å². The van der Waals surface area contributed by atoms with Crippen molar-refractivity contribution in [3.05, 3.63) is 0 Å². The molecule has 0 radical (unpaired) electrons. The second-order valence-corrected chi connectivity index (χ2v) is 12.4. The molecule has 2 aliphatic carbocycles. The number of hydrogen-bond donors (Lipinski definition) is 2. The van der Waals surface area contributed by atoms with Gasteiger partial charge in [0.25, 0.3) is 0 Å². The molecule has 3 heterocycles. The van der Waals surface area contributed by atoms with Crippen LogP contribution in [0.4, 0.5) is 0 Å². The molecule has 2 saturated carbocycles. The van der Waals surface area contributed by atoms with Crippen molar-refractivity contribution in [2.75, 3.05) is 6.61 Å². The molecule has 6 unspecified atom stereocenters. The first-order valence-electron chi connectivity index (χ1n) is 8.54. The molecule has 2 bridgehead atoms. The Kier molecular flexibility index (Phi) is 2.74. The molecule has 0 aromatic carbocycles. The SMILES string of the molecule is CCC(C)(C(=O)OC1OCC2C3CCC(C3)C12C)C12NI1N2. The van der Waals surface area contributed by atoms with Crippen molar-refractivity contribution >= 4 is 26.3 Å². The molecule has 5 aliphatic rings. The number of carbonyl (C=O) groups excluding carboxylic acids is 1. The van der Waals surface area contributed by atoms with Crippen LogP contribution in [0.1, 0.15) is 46.5 Å². The van der Waals surface area contributed by atoms with Crippen molar-refractivity contribution < 1.29 is 14.3 Å². The first kappa shape index (κ1) is 14.4. The Morgan fingerprint density at radius 2 is 2.18 bits per heavy atom. The van der Waals surface area contributed by atoms with Crippen LogP contribution in [-0.4, -0.2) is 22.5 Å². The molecular weight excluding hydrogens is 395 g/mol. The number of esters is 1. The fourth-order valence-corrected chi connectivity index (χ4v) is 11.0. The van der Waals surface area contributed by atoms with E-state index < -0.39 is 25.8 Å². The van der Waals surface area contributed by atoms with Gasteiger partial charge in [-0.2, -0.15) is 0 Å². The summed E-state index contributed by atoms with van der Waals surface area (Å²) >= 11 is -1.16. The molecule has 3 saturated heterocycles. The molecule has 6 heteroatoms. The van der Waals surface area contributed by atoms with E-state index in [0.29, 0.717) is 11.8 Å². The summed E-state index contributed by atoms with van der Waals surface area (Å²) in [5.41, 5.74) is -0.384. The van der Waals surface area contributed by atoms with E-state index in [1.54, 1.807) is 0 Å². The van der Waals surface area contributed by atoms with Gasteiger partial charge in [-0.05, 0) is 0 Å². The Labute approximate surface area is 139 Å². The standard InChI is InChI=1S/C16H25IN2O3/c1-4-14(2,16-17(18-16)19-16)12(20)22-13-15(3)10-6-5-9(7-10)11(15)8-21-13/h9-11,13,18-19H,4-8H2,1-3H3. The molecule has 0 aromatic rings. The maximum atomic E-state index is 12.9. The molecule has 6 atom stereocenters. The summed E-state index contributed by atoms with van der Waals surface area (Å²) < 4.78 is 18.9. The monoisotopic (exact) mass is 420 g/mol. The number of carbonyl (C=O) groups is 1. The third-order valence-electron chi connectivity index (χ3n) is 7.45. The van der Waals surface area contributed by atoms with Gasteiger partial charge in [0.15, 0.2) is 0 Å². The Morgan fingerprint density at radius 3 is 2.82 bits per heavy atom. The third-order valence-corrected chi connectivity index (χ3v) is 12.4. The van der Waals surface area contributed by atoms with Gasteiger partial charge in [0.2, 0.25) is 0 Å². The summed E-state index contributed by atoms with van der Waals surface area (Å²) in [7, 11) is 0. The number of ether oxygens (including phenoxy) is 2. The fourth-order valence-electron chi connectivity index (χ4n) is 5.37. The molecule has 2 N–H and O–H groups in total. The van der Waals surface area contributed by atoms with Crippen LogP contribution in [0.15, 0.2) is 0 Å². The van der Waals surface area contributed by atoms with Crippen LogP contribution in [-0.2, 0) is 14.3 Å². The van der Waals surface area contributed by atoms with Crippen molar-refractivity contribution in [1.29, 1.82) is 0 Å². The Morgan fingerprint density at radius 1 is 1.45 bits per heavy atom. The van der Waals surface area contributed by atoms with E-state index in [4.69, 9.17) is 9.47 Å². The van der Waals surface area contributed by atoms with E-state index in [-0.39, 0.29) is 21.3 Å². The van der Waals surface area contributed by atoms with Gasteiger partial charge in [-0.15, -0.1) is 0 Å². The van der Waals surface area contributed by atoms with Crippen molar-refractivity contribution in [3.63, 3.8) is 0 Å². The summed E-state index contributed by atoms with van der Waals surface area (Å²) in [5, 5.41) is 0. The Hall–Kier alpha value is 0.0800. The zero-order valence-corrected chi connectivity index (χ0v) is 15.6. The number of rotatable bonds is 4. The van der Waals surface area contributed by atoms with Crippen LogP contribution in [0.5, 0.6) is 0 Å². The van der Waals surface area contributed by atoms with Gasteiger partial charge in [0.05, 0.1) is 0 Å². The predicted molar refractivity (Wildman–Crippen MR) is 89.7 cm³/mol. The molecule has 0 aromatic heterocycles. The van der Waals surface area contributed by atoms with Gasteiger partial charge < -0.3 is 0 Å². The molecule has 0 amide bonds. The normalized spacial score (nSPS) is 50.2. The minimum atomic E-state index is -1.16. The molecule has 5 nitrogen and oxygen atoms in total. The van der Waals surface area contributed by atoms with Gasteiger partial charge in [-0.3, -0.25) is 0 Å². The first-order chi connectivity index (χ1) is 10.5. The van der Waals surface area contributed by atoms with E-state index in [0.717, 1.165) is 18.9 Å². The zero-order chi connectivity index (χ0) is 15.3. The minimum absolute atomic E-state index is 0.0453. The molecular formula is C16H25IN2O3. The van der Waals surface area contributed by atoms with Crippen molar-refractivity contribution in [1.82, 2.24) is 7.06 Å². The number of nitrogens with one attached hydrogen (secondary N) is 2. The Bertz CT molecular complexity index is 552. The molecule has 3 aliphatic heterocycles. The first-order valence-corrected chi connectivity index (χ1v) is 11.8. The summed E-state index contributed by atoms with van der Waals surface area (Å²) in [6.07, 6.45) is 4.41. The van der Waals surface area contributed by atoms with Gasteiger partial charge >= 0.3 is 139 Å². The molecule has 124 valence electrons. The average Bonchev–Trinajstić information content (AvgIpc) is 3.20. The summed E-state index contributed by atoms with van der Waals surface area (Å²) in [6.45, 7) is 7.22. The number of alkyl halides is 1. The third kappa shape index (κ3) is 1.49. The zero-order valence-electron chi connectivity index (χ0n) is 13.4. The van der Waals surface area contributed by atoms with Gasteiger partial charge in [0, 0.05) is 0 Å². The summed E-state index contributed by atoms with van der Waals surface area (Å²) in [6, 6.07) is 0. The molecule has 22 heavy (non-hydrogen) atoms. The van der Waals surface area contributed by atoms with Crippen LogP contribution in [0, 0.1) is 28.6 Å². The maximum absolute atomic E-state index is 12.9. The second-order valence-electron chi connectivity index (χ2n) is 8.13. The fraction of sp³-hybridized carbons (Fsp3) is 0.938. The quantitative estimate of drug-likeness (QED) is 0.183.